The molecule has 0 bridgehead atoms. The van der Waals surface area contributed by atoms with Crippen LogP contribution in [0.25, 0.3) is 6.08 Å². The van der Waals surface area contributed by atoms with Crippen LogP contribution in [0.4, 0.5) is 10.1 Å². The molecule has 0 aliphatic rings. The van der Waals surface area contributed by atoms with Gasteiger partial charge in [0.15, 0.2) is 6.10 Å². The highest BCUT2D eigenvalue weighted by Crippen LogP contribution is 2.29. The van der Waals surface area contributed by atoms with E-state index in [9.17, 15) is 14.0 Å². The fourth-order valence-electron chi connectivity index (χ4n) is 2.18. The largest absolute Gasteiger partial charge is 0.497 e. The molecule has 0 radical (unpaired) electrons. The molecule has 7 heteroatoms. The predicted octanol–water partition coefficient (Wildman–Crippen LogP) is 3.43. The van der Waals surface area contributed by atoms with Crippen LogP contribution in [-0.4, -0.2) is 32.2 Å². The van der Waals surface area contributed by atoms with Gasteiger partial charge in [0.05, 0.1) is 19.9 Å². The number of esters is 1. The Balaban J connectivity index is 1.99. The summed E-state index contributed by atoms with van der Waals surface area (Å²) in [6.45, 7) is 1.43. The van der Waals surface area contributed by atoms with Crippen molar-refractivity contribution in [1.29, 1.82) is 0 Å². The monoisotopic (exact) mass is 373 g/mol. The molecule has 0 saturated carbocycles. The highest BCUT2D eigenvalue weighted by atomic mass is 19.1. The number of hydrogen-bond donors (Lipinski definition) is 1. The first-order chi connectivity index (χ1) is 12.9. The Bertz CT molecular complexity index is 850. The first-order valence-corrected chi connectivity index (χ1v) is 8.10. The molecule has 2 aromatic rings. The number of anilines is 1. The van der Waals surface area contributed by atoms with E-state index >= 15 is 0 Å². The number of benzene rings is 2. The van der Waals surface area contributed by atoms with Crippen molar-refractivity contribution in [1.82, 2.24) is 0 Å². The van der Waals surface area contributed by atoms with Crippen LogP contribution in [0.5, 0.6) is 11.5 Å². The third-order valence-corrected chi connectivity index (χ3v) is 3.63. The fraction of sp³-hybridized carbons (Fsp3) is 0.200. The van der Waals surface area contributed by atoms with Crippen LogP contribution < -0.4 is 14.8 Å². The molecule has 0 aliphatic heterocycles. The lowest BCUT2D eigenvalue weighted by atomic mass is 10.2. The number of methoxy groups -OCH3 is 2. The lowest BCUT2D eigenvalue weighted by Crippen LogP contribution is -2.29. The molecule has 0 aliphatic carbocycles. The van der Waals surface area contributed by atoms with Crippen LogP contribution in [0.1, 0.15) is 12.5 Å². The van der Waals surface area contributed by atoms with E-state index in [2.05, 4.69) is 5.32 Å². The van der Waals surface area contributed by atoms with Crippen molar-refractivity contribution in [3.8, 4) is 11.5 Å². The van der Waals surface area contributed by atoms with Crippen molar-refractivity contribution in [2.75, 3.05) is 19.5 Å². The number of nitrogens with one attached hydrogen (secondary N) is 1. The molecule has 0 spiro atoms. The second kappa shape index (κ2) is 9.38. The minimum absolute atomic E-state index is 0.243. The number of hydrogen-bond acceptors (Lipinski definition) is 5. The number of rotatable bonds is 7. The summed E-state index contributed by atoms with van der Waals surface area (Å²) in [6.07, 6.45) is 1.28. The number of amides is 1. The van der Waals surface area contributed by atoms with E-state index in [1.54, 1.807) is 30.3 Å². The van der Waals surface area contributed by atoms with E-state index in [1.165, 1.54) is 39.4 Å². The van der Waals surface area contributed by atoms with Gasteiger partial charge in [-0.1, -0.05) is 18.2 Å². The standard InChI is InChI=1S/C20H20FNO5/c1-13(27-19(23)11-8-14-6-4-5-7-16(14)21)20(24)22-17-12-15(25-2)9-10-18(17)26-3/h4-13H,1-3H3,(H,22,24)/b11-8+. The molecule has 0 fully saturated rings. The second-order valence-corrected chi connectivity index (χ2v) is 5.49. The van der Waals surface area contributed by atoms with Crippen LogP contribution in [-0.2, 0) is 14.3 Å². The van der Waals surface area contributed by atoms with Gasteiger partial charge in [0.25, 0.3) is 5.91 Å². The molecule has 6 nitrogen and oxygen atoms in total. The van der Waals surface area contributed by atoms with Crippen LogP contribution in [0, 0.1) is 5.82 Å². The maximum Gasteiger partial charge on any atom is 0.331 e. The van der Waals surface area contributed by atoms with Gasteiger partial charge in [-0.3, -0.25) is 4.79 Å². The van der Waals surface area contributed by atoms with Gasteiger partial charge >= 0.3 is 5.97 Å². The van der Waals surface area contributed by atoms with Gasteiger partial charge < -0.3 is 19.5 Å². The molecule has 1 atom stereocenters. The highest BCUT2D eigenvalue weighted by Gasteiger charge is 2.18. The lowest BCUT2D eigenvalue weighted by molar-refractivity contribution is -0.148. The van der Waals surface area contributed by atoms with E-state index in [4.69, 9.17) is 14.2 Å². The molecule has 0 heterocycles. The Morgan fingerprint density at radius 3 is 2.52 bits per heavy atom. The van der Waals surface area contributed by atoms with E-state index in [-0.39, 0.29) is 5.56 Å². The molecule has 142 valence electrons. The van der Waals surface area contributed by atoms with Gasteiger partial charge in [-0.25, -0.2) is 9.18 Å². The highest BCUT2D eigenvalue weighted by molar-refractivity contribution is 5.97. The van der Waals surface area contributed by atoms with Gasteiger partial charge in [0.2, 0.25) is 0 Å². The molecule has 0 saturated heterocycles. The third kappa shape index (κ3) is 5.57. The summed E-state index contributed by atoms with van der Waals surface area (Å²) in [4.78, 5) is 24.1. The Kier molecular flexibility index (Phi) is 6.93. The van der Waals surface area contributed by atoms with Gasteiger partial charge in [0, 0.05) is 17.7 Å². The summed E-state index contributed by atoms with van der Waals surface area (Å²) in [7, 11) is 2.97. The quantitative estimate of drug-likeness (QED) is 0.595. The van der Waals surface area contributed by atoms with Crippen molar-refractivity contribution >= 4 is 23.6 Å². The Morgan fingerprint density at radius 2 is 1.85 bits per heavy atom. The zero-order chi connectivity index (χ0) is 19.8. The van der Waals surface area contributed by atoms with E-state index < -0.39 is 23.8 Å². The molecule has 27 heavy (non-hydrogen) atoms. The van der Waals surface area contributed by atoms with Gasteiger partial charge in [0.1, 0.15) is 17.3 Å². The molecule has 1 N–H and O–H groups in total. The lowest BCUT2D eigenvalue weighted by Gasteiger charge is -2.15. The van der Waals surface area contributed by atoms with Gasteiger partial charge in [-0.2, -0.15) is 0 Å². The first-order valence-electron chi connectivity index (χ1n) is 8.10. The third-order valence-electron chi connectivity index (χ3n) is 3.63. The molecule has 2 rings (SSSR count). The van der Waals surface area contributed by atoms with E-state index in [1.807, 2.05) is 0 Å². The van der Waals surface area contributed by atoms with Crippen LogP contribution >= 0.6 is 0 Å². The number of carbonyl (C=O) groups excluding carboxylic acids is 2. The van der Waals surface area contributed by atoms with Gasteiger partial charge in [-0.15, -0.1) is 0 Å². The summed E-state index contributed by atoms with van der Waals surface area (Å²) in [5, 5.41) is 2.62. The first kappa shape index (κ1) is 20.0. The Hall–Kier alpha value is -3.35. The average molecular weight is 373 g/mol. The maximum absolute atomic E-state index is 13.5. The van der Waals surface area contributed by atoms with Crippen molar-refractivity contribution in [2.45, 2.75) is 13.0 Å². The summed E-state index contributed by atoms with van der Waals surface area (Å²) in [5.74, 6) is -0.809. The van der Waals surface area contributed by atoms with E-state index in [0.717, 1.165) is 6.08 Å². The Labute approximate surface area is 156 Å². The summed E-state index contributed by atoms with van der Waals surface area (Å²) in [6, 6.07) is 10.9. The molecule has 2 aromatic carbocycles. The fourth-order valence-corrected chi connectivity index (χ4v) is 2.18. The average Bonchev–Trinajstić information content (AvgIpc) is 2.67. The van der Waals surface area contributed by atoms with Crippen molar-refractivity contribution in [3.05, 3.63) is 59.9 Å². The topological polar surface area (TPSA) is 73.9 Å². The Morgan fingerprint density at radius 1 is 1.11 bits per heavy atom. The van der Waals surface area contributed by atoms with Crippen molar-refractivity contribution < 1.29 is 28.2 Å². The SMILES string of the molecule is COc1ccc(OC)c(NC(=O)C(C)OC(=O)/C=C/c2ccccc2F)c1. The molecule has 0 aromatic heterocycles. The zero-order valence-corrected chi connectivity index (χ0v) is 15.2. The van der Waals surface area contributed by atoms with Crippen LogP contribution in [0.3, 0.4) is 0 Å². The summed E-state index contributed by atoms with van der Waals surface area (Å²) in [5.41, 5.74) is 0.624. The van der Waals surface area contributed by atoms with Crippen molar-refractivity contribution in [2.24, 2.45) is 0 Å². The minimum Gasteiger partial charge on any atom is -0.497 e. The minimum atomic E-state index is -1.07. The van der Waals surface area contributed by atoms with Crippen LogP contribution in [0.15, 0.2) is 48.5 Å². The molecule has 1 amide bonds. The second-order valence-electron chi connectivity index (χ2n) is 5.49. The van der Waals surface area contributed by atoms with Crippen molar-refractivity contribution in [3.63, 3.8) is 0 Å². The maximum atomic E-state index is 13.5. The van der Waals surface area contributed by atoms with E-state index in [0.29, 0.717) is 17.2 Å². The smallest absolute Gasteiger partial charge is 0.331 e. The van der Waals surface area contributed by atoms with Crippen LogP contribution in [0.2, 0.25) is 0 Å². The van der Waals surface area contributed by atoms with Gasteiger partial charge in [-0.05, 0) is 31.2 Å². The molecular formula is C20H20FNO5. The summed E-state index contributed by atoms with van der Waals surface area (Å²) >= 11 is 0. The molecular weight excluding hydrogens is 353 g/mol. The predicted molar refractivity (Wildman–Crippen MR) is 99.2 cm³/mol. The summed E-state index contributed by atoms with van der Waals surface area (Å²) < 4.78 is 28.9. The normalized spacial score (nSPS) is 11.7. The number of halogens is 1. The number of carbonyl (C=O) groups is 2. The number of ether oxygens (including phenoxy) is 3. The molecule has 1 unspecified atom stereocenters. The zero-order valence-electron chi connectivity index (χ0n) is 15.2.